The van der Waals surface area contributed by atoms with Crippen molar-refractivity contribution in [2.75, 3.05) is 6.61 Å². The van der Waals surface area contributed by atoms with Crippen LogP contribution in [-0.2, 0) is 4.75 Å². The summed E-state index contributed by atoms with van der Waals surface area (Å²) in [6.45, 7) is 0.438. The first-order valence-corrected chi connectivity index (χ1v) is 9.35. The molecule has 5 heteroatoms. The molecule has 0 radical (unpaired) electrons. The van der Waals surface area contributed by atoms with E-state index in [1.165, 1.54) is 6.07 Å². The van der Waals surface area contributed by atoms with Crippen LogP contribution < -0.4 is 4.74 Å². The van der Waals surface area contributed by atoms with Gasteiger partial charge in [-0.2, -0.15) is 0 Å². The zero-order valence-corrected chi connectivity index (χ0v) is 14.6. The van der Waals surface area contributed by atoms with Gasteiger partial charge in [0, 0.05) is 21.4 Å². The molecule has 1 nitrogen and oxygen atoms in total. The van der Waals surface area contributed by atoms with Crippen LogP contribution in [0.25, 0.3) is 0 Å². The molecule has 2 aromatic carbocycles. The molecule has 1 fully saturated rings. The van der Waals surface area contributed by atoms with Gasteiger partial charge in [-0.05, 0) is 49.2 Å². The average molecular weight is 367 g/mol. The SMILES string of the molecule is Fc1ccc(F)c2c1OCC1CCCC[C@@]21Sc1ccc(Cl)cc1. The Hall–Kier alpha value is -1.26. The highest BCUT2D eigenvalue weighted by atomic mass is 35.5. The quantitative estimate of drug-likeness (QED) is 0.626. The molecular weight excluding hydrogens is 350 g/mol. The second-order valence-corrected chi connectivity index (χ2v) is 8.27. The van der Waals surface area contributed by atoms with Crippen molar-refractivity contribution < 1.29 is 13.5 Å². The van der Waals surface area contributed by atoms with Crippen LogP contribution in [0.2, 0.25) is 5.02 Å². The summed E-state index contributed by atoms with van der Waals surface area (Å²) >= 11 is 7.60. The Balaban J connectivity index is 1.85. The highest BCUT2D eigenvalue weighted by molar-refractivity contribution is 8.00. The minimum Gasteiger partial charge on any atom is -0.490 e. The van der Waals surface area contributed by atoms with Crippen LogP contribution in [0.1, 0.15) is 31.2 Å². The number of ether oxygens (including phenoxy) is 1. The van der Waals surface area contributed by atoms with E-state index in [1.807, 2.05) is 24.3 Å². The smallest absolute Gasteiger partial charge is 0.165 e. The van der Waals surface area contributed by atoms with Crippen LogP contribution in [0.5, 0.6) is 5.75 Å². The van der Waals surface area contributed by atoms with E-state index in [1.54, 1.807) is 11.8 Å². The van der Waals surface area contributed by atoms with Gasteiger partial charge in [0.25, 0.3) is 0 Å². The number of thioether (sulfide) groups is 1. The molecule has 1 unspecified atom stereocenters. The molecule has 0 amide bonds. The lowest BCUT2D eigenvalue weighted by molar-refractivity contribution is 0.130. The van der Waals surface area contributed by atoms with E-state index in [0.29, 0.717) is 17.2 Å². The third-order valence-electron chi connectivity index (χ3n) is 5.03. The Kier molecular flexibility index (Phi) is 4.21. The van der Waals surface area contributed by atoms with Crippen molar-refractivity contribution in [2.24, 2.45) is 5.92 Å². The van der Waals surface area contributed by atoms with Gasteiger partial charge < -0.3 is 4.74 Å². The average Bonchev–Trinajstić information content (AvgIpc) is 2.59. The fourth-order valence-electron chi connectivity index (χ4n) is 3.91. The van der Waals surface area contributed by atoms with E-state index in [9.17, 15) is 8.78 Å². The van der Waals surface area contributed by atoms with Crippen LogP contribution in [0.3, 0.4) is 0 Å². The highest BCUT2D eigenvalue weighted by Crippen LogP contribution is 2.59. The lowest BCUT2D eigenvalue weighted by atomic mass is 9.73. The first-order valence-electron chi connectivity index (χ1n) is 8.16. The first-order chi connectivity index (χ1) is 11.6. The van der Waals surface area contributed by atoms with E-state index in [2.05, 4.69) is 0 Å². The molecule has 2 atom stereocenters. The van der Waals surface area contributed by atoms with E-state index < -0.39 is 10.6 Å². The summed E-state index contributed by atoms with van der Waals surface area (Å²) in [6.07, 6.45) is 3.90. The molecule has 0 N–H and O–H groups in total. The number of hydrogen-bond donors (Lipinski definition) is 0. The maximum Gasteiger partial charge on any atom is 0.165 e. The number of fused-ring (bicyclic) bond motifs is 3. The van der Waals surface area contributed by atoms with E-state index >= 15 is 0 Å². The summed E-state index contributed by atoms with van der Waals surface area (Å²) in [5.74, 6) is -0.587. The Morgan fingerprint density at radius 3 is 2.58 bits per heavy atom. The number of benzene rings is 2. The third-order valence-corrected chi connectivity index (χ3v) is 6.90. The van der Waals surface area contributed by atoms with Crippen molar-refractivity contribution in [3.05, 3.63) is 58.6 Å². The molecule has 1 saturated carbocycles. The van der Waals surface area contributed by atoms with Crippen LogP contribution in [-0.4, -0.2) is 6.61 Å². The van der Waals surface area contributed by atoms with Gasteiger partial charge in [0.15, 0.2) is 11.6 Å². The predicted molar refractivity (Wildman–Crippen MR) is 92.8 cm³/mol. The zero-order valence-electron chi connectivity index (χ0n) is 13.0. The van der Waals surface area contributed by atoms with Gasteiger partial charge in [0.05, 0.1) is 11.4 Å². The van der Waals surface area contributed by atoms with Gasteiger partial charge in [-0.25, -0.2) is 8.78 Å². The molecule has 0 saturated heterocycles. The Labute approximate surface area is 149 Å². The van der Waals surface area contributed by atoms with E-state index in [0.717, 1.165) is 36.6 Å². The molecule has 24 heavy (non-hydrogen) atoms. The number of halogens is 3. The first kappa shape index (κ1) is 16.2. The molecule has 1 aliphatic carbocycles. The van der Waals surface area contributed by atoms with Crippen molar-refractivity contribution >= 4 is 23.4 Å². The third kappa shape index (κ3) is 2.60. The normalized spacial score (nSPS) is 25.5. The minimum atomic E-state index is -0.480. The van der Waals surface area contributed by atoms with Gasteiger partial charge in [-0.3, -0.25) is 0 Å². The topological polar surface area (TPSA) is 9.23 Å². The predicted octanol–water partition coefficient (Wildman–Crippen LogP) is 6.19. The van der Waals surface area contributed by atoms with Gasteiger partial charge >= 0.3 is 0 Å². The summed E-state index contributed by atoms with van der Waals surface area (Å²) in [6, 6.07) is 9.93. The minimum absolute atomic E-state index is 0.0922. The lowest BCUT2D eigenvalue weighted by Crippen LogP contribution is -2.43. The van der Waals surface area contributed by atoms with Crippen molar-refractivity contribution in [1.29, 1.82) is 0 Å². The summed E-state index contributed by atoms with van der Waals surface area (Å²) in [4.78, 5) is 1.02. The van der Waals surface area contributed by atoms with Gasteiger partial charge in [0.1, 0.15) is 5.82 Å². The van der Waals surface area contributed by atoms with Crippen LogP contribution in [0, 0.1) is 17.6 Å². The molecule has 126 valence electrons. The van der Waals surface area contributed by atoms with Gasteiger partial charge in [-0.15, -0.1) is 11.8 Å². The highest BCUT2D eigenvalue weighted by Gasteiger charge is 2.50. The molecule has 2 aromatic rings. The van der Waals surface area contributed by atoms with Gasteiger partial charge in [0.2, 0.25) is 0 Å². The summed E-state index contributed by atoms with van der Waals surface area (Å²) < 4.78 is 34.2. The zero-order chi connectivity index (χ0) is 16.7. The largest absolute Gasteiger partial charge is 0.490 e. The molecule has 0 aromatic heterocycles. The Morgan fingerprint density at radius 1 is 1.04 bits per heavy atom. The van der Waals surface area contributed by atoms with Crippen molar-refractivity contribution in [2.45, 2.75) is 35.3 Å². The van der Waals surface area contributed by atoms with E-state index in [-0.39, 0.29) is 17.5 Å². The summed E-state index contributed by atoms with van der Waals surface area (Å²) in [5, 5.41) is 0.668. The fourth-order valence-corrected chi connectivity index (χ4v) is 5.62. The maximum atomic E-state index is 14.8. The Bertz CT molecular complexity index is 765. The summed E-state index contributed by atoms with van der Waals surface area (Å²) in [5.41, 5.74) is 0.401. The molecule has 0 bridgehead atoms. The number of hydrogen-bond acceptors (Lipinski definition) is 2. The molecule has 1 aliphatic heterocycles. The fraction of sp³-hybridized carbons (Fsp3) is 0.368. The second-order valence-electron chi connectivity index (χ2n) is 6.43. The molecule has 0 spiro atoms. The van der Waals surface area contributed by atoms with Gasteiger partial charge in [-0.1, -0.05) is 24.4 Å². The second kappa shape index (κ2) is 6.23. The number of rotatable bonds is 2. The van der Waals surface area contributed by atoms with Crippen LogP contribution in [0.15, 0.2) is 41.3 Å². The Morgan fingerprint density at radius 2 is 1.79 bits per heavy atom. The van der Waals surface area contributed by atoms with Crippen molar-refractivity contribution in [3.63, 3.8) is 0 Å². The molecule has 2 aliphatic rings. The lowest BCUT2D eigenvalue weighted by Gasteiger charge is -2.47. The maximum absolute atomic E-state index is 14.8. The van der Waals surface area contributed by atoms with Crippen molar-refractivity contribution in [3.8, 4) is 5.75 Å². The van der Waals surface area contributed by atoms with Crippen LogP contribution >= 0.6 is 23.4 Å². The summed E-state index contributed by atoms with van der Waals surface area (Å²) in [7, 11) is 0. The molecular formula is C19H17ClF2OS. The van der Waals surface area contributed by atoms with E-state index in [4.69, 9.17) is 16.3 Å². The molecule has 4 rings (SSSR count). The monoisotopic (exact) mass is 366 g/mol. The molecule has 1 heterocycles. The van der Waals surface area contributed by atoms with Crippen molar-refractivity contribution in [1.82, 2.24) is 0 Å². The van der Waals surface area contributed by atoms with Crippen LogP contribution in [0.4, 0.5) is 8.78 Å². The standard InChI is InChI=1S/C19H17ClF2OS/c20-13-4-6-14(7-5-13)24-19-10-2-1-3-12(19)11-23-18-16(22)9-8-15(21)17(18)19/h4-9,12H,1-3,10-11H2/t12?,19-/m0/s1.